The molecule has 0 bridgehead atoms. The van der Waals surface area contributed by atoms with Crippen LogP contribution >= 0.6 is 0 Å². The molecule has 1 fully saturated rings. The second-order valence-electron chi connectivity index (χ2n) is 5.99. The van der Waals surface area contributed by atoms with Gasteiger partial charge < -0.3 is 15.0 Å². The Hall–Kier alpha value is -1.22. The molecule has 0 amide bonds. The number of ether oxygens (including phenoxy) is 1. The summed E-state index contributed by atoms with van der Waals surface area (Å²) in [6, 6.07) is 4.38. The highest BCUT2D eigenvalue weighted by molar-refractivity contribution is 5.58. The Balaban J connectivity index is 2.15. The van der Waals surface area contributed by atoms with Gasteiger partial charge in [0.05, 0.1) is 7.11 Å². The van der Waals surface area contributed by atoms with Gasteiger partial charge in [0.2, 0.25) is 0 Å². The Bertz CT molecular complexity index is 452. The molecular formula is C16H26N2O. The molecule has 0 spiro atoms. The predicted molar refractivity (Wildman–Crippen MR) is 81.3 cm³/mol. The van der Waals surface area contributed by atoms with E-state index in [1.165, 1.54) is 29.7 Å². The second kappa shape index (κ2) is 5.41. The number of hydrogen-bond donors (Lipinski definition) is 1. The first-order chi connectivity index (χ1) is 9.01. The molecule has 1 aliphatic carbocycles. The van der Waals surface area contributed by atoms with E-state index in [1.807, 2.05) is 7.05 Å². The summed E-state index contributed by atoms with van der Waals surface area (Å²) in [7, 11) is 5.98. The summed E-state index contributed by atoms with van der Waals surface area (Å²) >= 11 is 0. The maximum absolute atomic E-state index is 5.38. The third-order valence-electron chi connectivity index (χ3n) is 4.21. The standard InChI is InChI=1S/C16H26N2O/c1-12-9-15(19-5)13(2)8-14(12)18(4)11-16(6-7-16)10-17-3/h8-9,17H,6-7,10-11H2,1-5H3. The molecule has 1 aromatic carbocycles. The van der Waals surface area contributed by atoms with Gasteiger partial charge in [-0.05, 0) is 57.0 Å². The smallest absolute Gasteiger partial charge is 0.122 e. The minimum absolute atomic E-state index is 0.490. The van der Waals surface area contributed by atoms with Crippen LogP contribution < -0.4 is 15.0 Å². The molecule has 106 valence electrons. The van der Waals surface area contributed by atoms with Crippen LogP contribution in [0, 0.1) is 19.3 Å². The number of nitrogens with one attached hydrogen (secondary N) is 1. The molecule has 3 nitrogen and oxygen atoms in total. The average Bonchev–Trinajstić information content (AvgIpc) is 3.11. The fraction of sp³-hybridized carbons (Fsp3) is 0.625. The molecule has 0 radical (unpaired) electrons. The Morgan fingerprint density at radius 1 is 1.26 bits per heavy atom. The Morgan fingerprint density at radius 3 is 2.47 bits per heavy atom. The van der Waals surface area contributed by atoms with Crippen molar-refractivity contribution in [3.63, 3.8) is 0 Å². The van der Waals surface area contributed by atoms with Gasteiger partial charge in [-0.2, -0.15) is 0 Å². The molecule has 19 heavy (non-hydrogen) atoms. The van der Waals surface area contributed by atoms with Crippen LogP contribution in [0.5, 0.6) is 5.75 Å². The minimum atomic E-state index is 0.490. The molecule has 1 N–H and O–H groups in total. The summed E-state index contributed by atoms with van der Waals surface area (Å²) in [5.41, 5.74) is 4.29. The van der Waals surface area contributed by atoms with Crippen molar-refractivity contribution in [1.29, 1.82) is 0 Å². The van der Waals surface area contributed by atoms with Crippen LogP contribution in [0.2, 0.25) is 0 Å². The van der Waals surface area contributed by atoms with Gasteiger partial charge in [0.1, 0.15) is 5.75 Å². The van der Waals surface area contributed by atoms with E-state index < -0.39 is 0 Å². The quantitative estimate of drug-likeness (QED) is 0.853. The largest absolute Gasteiger partial charge is 0.496 e. The summed E-state index contributed by atoms with van der Waals surface area (Å²) in [6.07, 6.45) is 2.68. The summed E-state index contributed by atoms with van der Waals surface area (Å²) in [5.74, 6) is 0.978. The van der Waals surface area contributed by atoms with Gasteiger partial charge >= 0.3 is 0 Å². The first-order valence-electron chi connectivity index (χ1n) is 7.02. The number of anilines is 1. The van der Waals surface area contributed by atoms with Crippen LogP contribution in [0.1, 0.15) is 24.0 Å². The summed E-state index contributed by atoms with van der Waals surface area (Å²) < 4.78 is 5.38. The van der Waals surface area contributed by atoms with E-state index in [0.29, 0.717) is 5.41 Å². The minimum Gasteiger partial charge on any atom is -0.496 e. The topological polar surface area (TPSA) is 24.5 Å². The van der Waals surface area contributed by atoms with Crippen LogP contribution in [0.4, 0.5) is 5.69 Å². The average molecular weight is 262 g/mol. The first kappa shape index (κ1) is 14.2. The number of benzene rings is 1. The predicted octanol–water partition coefficient (Wildman–Crippen LogP) is 2.75. The van der Waals surface area contributed by atoms with Crippen molar-refractivity contribution in [3.8, 4) is 5.75 Å². The fourth-order valence-corrected chi connectivity index (χ4v) is 2.94. The van der Waals surface area contributed by atoms with Crippen molar-refractivity contribution in [1.82, 2.24) is 5.32 Å². The molecule has 0 heterocycles. The van der Waals surface area contributed by atoms with Crippen molar-refractivity contribution >= 4 is 5.69 Å². The number of aryl methyl sites for hydroxylation is 2. The number of rotatable bonds is 6. The van der Waals surface area contributed by atoms with Crippen LogP contribution in [-0.2, 0) is 0 Å². The van der Waals surface area contributed by atoms with Crippen molar-refractivity contribution in [2.75, 3.05) is 39.2 Å². The molecule has 0 saturated heterocycles. The van der Waals surface area contributed by atoms with Crippen LogP contribution in [0.15, 0.2) is 12.1 Å². The lowest BCUT2D eigenvalue weighted by molar-refractivity contribution is 0.411. The summed E-state index contributed by atoms with van der Waals surface area (Å²) in [4.78, 5) is 2.39. The zero-order chi connectivity index (χ0) is 14.0. The number of nitrogens with zero attached hydrogens (tertiary/aromatic N) is 1. The van der Waals surface area contributed by atoms with E-state index in [0.717, 1.165) is 18.8 Å². The highest BCUT2D eigenvalue weighted by atomic mass is 16.5. The van der Waals surface area contributed by atoms with E-state index >= 15 is 0 Å². The lowest BCUT2D eigenvalue weighted by atomic mass is 10.0. The van der Waals surface area contributed by atoms with Gasteiger partial charge in [-0.15, -0.1) is 0 Å². The van der Waals surface area contributed by atoms with Gasteiger partial charge in [-0.1, -0.05) is 0 Å². The summed E-state index contributed by atoms with van der Waals surface area (Å²) in [6.45, 7) is 6.51. The van der Waals surface area contributed by atoms with Crippen LogP contribution in [-0.4, -0.2) is 34.3 Å². The van der Waals surface area contributed by atoms with Crippen LogP contribution in [0.25, 0.3) is 0 Å². The lowest BCUT2D eigenvalue weighted by Gasteiger charge is -2.27. The summed E-state index contributed by atoms with van der Waals surface area (Å²) in [5, 5.41) is 3.32. The van der Waals surface area contributed by atoms with E-state index in [2.05, 4.69) is 43.2 Å². The molecule has 0 atom stereocenters. The Morgan fingerprint density at radius 2 is 1.95 bits per heavy atom. The first-order valence-corrected chi connectivity index (χ1v) is 7.02. The van der Waals surface area contributed by atoms with Gasteiger partial charge in [0, 0.05) is 31.2 Å². The van der Waals surface area contributed by atoms with Gasteiger partial charge in [0.15, 0.2) is 0 Å². The molecule has 1 saturated carbocycles. The lowest BCUT2D eigenvalue weighted by Crippen LogP contribution is -2.33. The normalized spacial score (nSPS) is 16.3. The highest BCUT2D eigenvalue weighted by Gasteiger charge is 2.42. The SMILES string of the molecule is CNCC1(CN(C)c2cc(C)c(OC)cc2C)CC1. The van der Waals surface area contributed by atoms with Gasteiger partial charge in [0.25, 0.3) is 0 Å². The maximum atomic E-state index is 5.38. The number of hydrogen-bond acceptors (Lipinski definition) is 3. The zero-order valence-electron chi connectivity index (χ0n) is 12.8. The molecule has 0 aliphatic heterocycles. The third kappa shape index (κ3) is 3.03. The second-order valence-corrected chi connectivity index (χ2v) is 5.99. The molecule has 1 aliphatic rings. The monoisotopic (exact) mass is 262 g/mol. The molecule has 0 aromatic heterocycles. The Kier molecular flexibility index (Phi) is 4.04. The van der Waals surface area contributed by atoms with E-state index in [4.69, 9.17) is 4.74 Å². The van der Waals surface area contributed by atoms with Gasteiger partial charge in [-0.3, -0.25) is 0 Å². The maximum Gasteiger partial charge on any atom is 0.122 e. The van der Waals surface area contributed by atoms with Gasteiger partial charge in [-0.25, -0.2) is 0 Å². The fourth-order valence-electron chi connectivity index (χ4n) is 2.94. The molecule has 0 unspecified atom stereocenters. The highest BCUT2D eigenvalue weighted by Crippen LogP contribution is 2.46. The Labute approximate surface area is 116 Å². The molecule has 3 heteroatoms. The van der Waals surface area contributed by atoms with Crippen LogP contribution in [0.3, 0.4) is 0 Å². The molecule has 1 aromatic rings. The molecular weight excluding hydrogens is 236 g/mol. The van der Waals surface area contributed by atoms with Crippen molar-refractivity contribution < 1.29 is 4.74 Å². The van der Waals surface area contributed by atoms with Crippen molar-refractivity contribution in [3.05, 3.63) is 23.3 Å². The third-order valence-corrected chi connectivity index (χ3v) is 4.21. The number of methoxy groups -OCH3 is 1. The van der Waals surface area contributed by atoms with Crippen molar-refractivity contribution in [2.45, 2.75) is 26.7 Å². The van der Waals surface area contributed by atoms with Crippen molar-refractivity contribution in [2.24, 2.45) is 5.41 Å². The van der Waals surface area contributed by atoms with E-state index in [-0.39, 0.29) is 0 Å². The van der Waals surface area contributed by atoms with E-state index in [1.54, 1.807) is 7.11 Å². The zero-order valence-corrected chi connectivity index (χ0v) is 12.8. The molecule has 2 rings (SSSR count). The van der Waals surface area contributed by atoms with E-state index in [9.17, 15) is 0 Å².